The predicted molar refractivity (Wildman–Crippen MR) is 252 cm³/mol. The molecular weight excluding hydrogens is 1100 g/mol. The summed E-state index contributed by atoms with van der Waals surface area (Å²) in [6.45, 7) is 15.0. The van der Waals surface area contributed by atoms with Gasteiger partial charge >= 0.3 is 0 Å². The Kier molecular flexibility index (Phi) is 20.8. The first-order chi connectivity index (χ1) is 29.7. The summed E-state index contributed by atoms with van der Waals surface area (Å²) in [6, 6.07) is 7.38. The minimum atomic E-state index is 0. The number of hydrogen-bond acceptors (Lipinski definition) is 17. The van der Waals surface area contributed by atoms with Gasteiger partial charge in [0, 0.05) is 97.9 Å². The van der Waals surface area contributed by atoms with Gasteiger partial charge in [-0.3, -0.25) is 19.9 Å². The molecule has 0 radical (unpaired) electrons. The van der Waals surface area contributed by atoms with Crippen molar-refractivity contribution in [3.05, 3.63) is 137 Å². The van der Waals surface area contributed by atoms with E-state index in [1.54, 1.807) is 49.4 Å². The van der Waals surface area contributed by atoms with E-state index in [9.17, 15) is 0 Å². The van der Waals surface area contributed by atoms with E-state index < -0.39 is 0 Å². The molecule has 0 saturated heterocycles. The first-order valence-electron chi connectivity index (χ1n) is 18.1. The average Bonchev–Trinajstić information content (AvgIpc) is 3.99. The smallest absolute Gasteiger partial charge is 0.147 e. The van der Waals surface area contributed by atoms with Crippen molar-refractivity contribution in [3.8, 4) is 38.8 Å². The molecule has 63 heavy (non-hydrogen) atoms. The van der Waals surface area contributed by atoms with Crippen molar-refractivity contribution >= 4 is 74.0 Å². The van der Waals surface area contributed by atoms with E-state index in [-0.39, 0.29) is 19.5 Å². The predicted octanol–water partition coefficient (Wildman–Crippen LogP) is 11.3. The van der Waals surface area contributed by atoms with Crippen LogP contribution in [0.4, 0.5) is 17.1 Å². The summed E-state index contributed by atoms with van der Waals surface area (Å²) < 4.78 is 22.3. The number of halogens is 2. The molecule has 4 N–H and O–H groups in total. The Morgan fingerprint density at radius 1 is 0.603 bits per heavy atom. The molecule has 0 spiro atoms. The quantitative estimate of drug-likeness (QED) is 0.0308. The zero-order valence-corrected chi connectivity index (χ0v) is 43.6. The maximum atomic E-state index is 8.73. The van der Waals surface area contributed by atoms with Gasteiger partial charge in [0.2, 0.25) is 0 Å². The summed E-state index contributed by atoms with van der Waals surface area (Å²) in [4.78, 5) is 19.3. The second-order valence-corrected chi connectivity index (χ2v) is 15.8. The van der Waals surface area contributed by atoms with E-state index in [1.165, 1.54) is 6.20 Å². The van der Waals surface area contributed by atoms with E-state index in [0.717, 1.165) is 103 Å². The van der Waals surface area contributed by atoms with Crippen LogP contribution in [0.25, 0.3) is 43.8 Å². The Morgan fingerprint density at radius 2 is 1.03 bits per heavy atom. The number of nitriles is 1. The molecule has 0 aromatic carbocycles. The van der Waals surface area contributed by atoms with Gasteiger partial charge in [-0.15, -0.1) is 0 Å². The van der Waals surface area contributed by atoms with Crippen molar-refractivity contribution in [2.75, 3.05) is 11.5 Å². The Morgan fingerprint density at radius 3 is 1.43 bits per heavy atom. The van der Waals surface area contributed by atoms with Gasteiger partial charge in [-0.25, -0.2) is 0 Å². The van der Waals surface area contributed by atoms with E-state index in [4.69, 9.17) is 40.4 Å². The molecule has 0 atom stereocenters. The van der Waals surface area contributed by atoms with Gasteiger partial charge in [0.15, 0.2) is 0 Å². The molecule has 8 rings (SSSR count). The average molecular weight is 1140 g/mol. The number of nitrogens with zero attached hydrogens (tertiary/aromatic N) is 12. The standard InChI is InChI=1S/C11H9N3OS.C10H9N5O.C10H11N3O.C5H5IN2.C5H6INO.Zn/c1-7-11(8(2)15-14-7)9-3-4-13-5-10(9)16-6-12;1-6-10(7(2)16-14-6)8-3-4-12-5-9(8)13-15-11;1-6-10(7(2)14-13-6)8-3-4-12-5-9(8)11;6-4-1-2-8-3-5(4)7;1-3-5(6)4(2)8-7-3;/h2*3-5H,1-2H3;3-5H,11H2,1-2H3;1-3H,7H2;1-2H3;. The van der Waals surface area contributed by atoms with Crippen LogP contribution < -0.4 is 11.5 Å². The Labute approximate surface area is 407 Å². The first kappa shape index (κ1) is 51.6. The number of anilines is 2. The molecule has 8 aromatic rings. The van der Waals surface area contributed by atoms with Crippen LogP contribution >= 0.6 is 56.9 Å². The second kappa shape index (κ2) is 25.4. The second-order valence-electron chi connectivity index (χ2n) is 12.7. The van der Waals surface area contributed by atoms with Gasteiger partial charge in [-0.2, -0.15) is 5.26 Å². The summed E-state index contributed by atoms with van der Waals surface area (Å²) in [7, 11) is 0. The van der Waals surface area contributed by atoms with Crippen LogP contribution in [0.5, 0.6) is 0 Å². The summed E-state index contributed by atoms with van der Waals surface area (Å²) >= 11 is 5.46. The molecule has 8 heterocycles. The number of nitrogens with two attached hydrogens (primary N) is 2. The molecular formula is C41H40I2N14O4SZn. The summed E-state index contributed by atoms with van der Waals surface area (Å²) in [5, 5.41) is 29.8. The molecule has 0 fully saturated rings. The molecule has 0 unspecified atom stereocenters. The maximum absolute atomic E-state index is 8.73. The number of thioether (sulfide) groups is 1. The number of azide groups is 1. The summed E-state index contributed by atoms with van der Waals surface area (Å²) in [5.74, 6) is 3.13. The molecule has 0 saturated carbocycles. The molecule has 0 bridgehead atoms. The van der Waals surface area contributed by atoms with Crippen LogP contribution in [0.2, 0.25) is 0 Å². The summed E-state index contributed by atoms with van der Waals surface area (Å²) in [5.41, 5.74) is 30.4. The zero-order chi connectivity index (χ0) is 45.3. The van der Waals surface area contributed by atoms with Crippen LogP contribution in [0.15, 0.2) is 102 Å². The fraction of sp³-hybridized carbons (Fsp3) is 0.195. The maximum Gasteiger partial charge on any atom is 0.147 e. The zero-order valence-electron chi connectivity index (χ0n) is 35.5. The van der Waals surface area contributed by atoms with Crippen LogP contribution in [0, 0.1) is 73.2 Å². The number of aryl methyl sites for hydroxylation is 8. The van der Waals surface area contributed by atoms with Crippen LogP contribution in [-0.2, 0) is 19.5 Å². The third kappa shape index (κ3) is 14.1. The van der Waals surface area contributed by atoms with E-state index >= 15 is 0 Å². The number of hydrogen-bond donors (Lipinski definition) is 2. The van der Waals surface area contributed by atoms with Gasteiger partial charge in [-0.1, -0.05) is 25.7 Å². The Hall–Kier alpha value is -5.73. The summed E-state index contributed by atoms with van der Waals surface area (Å²) in [6.07, 6.45) is 13.2. The molecule has 0 aliphatic carbocycles. The van der Waals surface area contributed by atoms with Crippen LogP contribution in [-0.4, -0.2) is 40.6 Å². The van der Waals surface area contributed by atoms with Gasteiger partial charge in [-0.05, 0) is 148 Å². The number of rotatable bonds is 5. The normalized spacial score (nSPS) is 9.79. The molecule has 18 nitrogen and oxygen atoms in total. The van der Waals surface area contributed by atoms with Crippen LogP contribution in [0.1, 0.15) is 45.8 Å². The van der Waals surface area contributed by atoms with Gasteiger partial charge < -0.3 is 29.6 Å². The molecule has 0 aliphatic rings. The molecule has 8 aromatic heterocycles. The minimum absolute atomic E-state index is 0. The molecule has 0 amide bonds. The third-order valence-electron chi connectivity index (χ3n) is 8.40. The van der Waals surface area contributed by atoms with Crippen molar-refractivity contribution in [1.29, 1.82) is 5.26 Å². The van der Waals surface area contributed by atoms with Gasteiger partial charge in [0.25, 0.3) is 0 Å². The molecule has 0 aliphatic heterocycles. The topological polar surface area (TPSA) is 280 Å². The van der Waals surface area contributed by atoms with Crippen molar-refractivity contribution in [2.24, 2.45) is 5.11 Å². The largest absolute Gasteiger partial charge is 0.397 e. The van der Waals surface area contributed by atoms with Crippen molar-refractivity contribution in [1.82, 2.24) is 40.6 Å². The van der Waals surface area contributed by atoms with Crippen molar-refractivity contribution < 1.29 is 37.6 Å². The third-order valence-corrected chi connectivity index (χ3v) is 11.6. The fourth-order valence-electron chi connectivity index (χ4n) is 5.54. The van der Waals surface area contributed by atoms with Gasteiger partial charge in [0.1, 0.15) is 28.4 Å². The Bertz CT molecular complexity index is 2730. The number of nitrogen functional groups attached to an aromatic ring is 2. The van der Waals surface area contributed by atoms with Crippen molar-refractivity contribution in [3.63, 3.8) is 0 Å². The van der Waals surface area contributed by atoms with Crippen molar-refractivity contribution in [2.45, 2.75) is 60.3 Å². The first-order valence-corrected chi connectivity index (χ1v) is 21.1. The molecule has 22 heteroatoms. The van der Waals surface area contributed by atoms with E-state index in [0.29, 0.717) is 17.1 Å². The van der Waals surface area contributed by atoms with E-state index in [1.807, 2.05) is 73.6 Å². The molecule has 320 valence electrons. The number of aromatic nitrogens is 8. The monoisotopic (exact) mass is 1140 g/mol. The minimum Gasteiger partial charge on any atom is -0.397 e. The number of pyridine rings is 4. The number of thiocyanates is 1. The van der Waals surface area contributed by atoms with Gasteiger partial charge in [0.05, 0.1) is 55.8 Å². The Balaban J connectivity index is 0.000000215. The SMILES string of the molecule is Cc1noc(C)c1-c1ccncc1N.Cc1noc(C)c1-c1ccncc1N=[N+]=[N-].Cc1noc(C)c1-c1ccncc1SC#N.Cc1noc(C)c1I.Nc1cnccc1I.[Zn]. The van der Waals surface area contributed by atoms with Crippen LogP contribution in [0.3, 0.4) is 0 Å². The fourth-order valence-corrected chi connectivity index (χ4v) is 6.53. The van der Waals surface area contributed by atoms with E-state index in [2.05, 4.69) is 101 Å².